The van der Waals surface area contributed by atoms with Gasteiger partial charge < -0.3 is 38.2 Å². The van der Waals surface area contributed by atoms with Gasteiger partial charge in [-0.3, -0.25) is 29.0 Å². The Morgan fingerprint density at radius 1 is 0.317 bits per heavy atom. The van der Waals surface area contributed by atoms with E-state index in [1.807, 2.05) is 47.4 Å². The zero-order valence-electron chi connectivity index (χ0n) is 90.8. The first-order valence-corrected chi connectivity index (χ1v) is 58.0. The van der Waals surface area contributed by atoms with Crippen LogP contribution in [0.3, 0.4) is 0 Å². The molecule has 6 unspecified atom stereocenters. The van der Waals surface area contributed by atoms with Crippen molar-refractivity contribution in [3.63, 3.8) is 0 Å². The van der Waals surface area contributed by atoms with E-state index in [0.717, 1.165) is 141 Å². The molecule has 14 nitrogen and oxygen atoms in total. The molecule has 6 aromatic rings. The number of Topliss-reactive ketones (excluding diaryl/α,β-unsaturated/α-hetero) is 2. The number of hydrogen-bond donors (Lipinski definition) is 0. The van der Waals surface area contributed by atoms with Crippen LogP contribution >= 0.6 is 0 Å². The Balaban J connectivity index is 0.000000239. The third kappa shape index (κ3) is 31.2. The second kappa shape index (κ2) is 57.7. The van der Waals surface area contributed by atoms with Gasteiger partial charge in [-0.2, -0.15) is 0 Å². The predicted octanol–water partition coefficient (Wildman–Crippen LogP) is 29.4. The number of hydrogen-bond acceptors (Lipinski definition) is 12. The smallest absolute Gasteiger partial charge is 0.225 e. The van der Waals surface area contributed by atoms with E-state index >= 15 is 0 Å². The van der Waals surface area contributed by atoms with Gasteiger partial charge in [0.25, 0.3) is 0 Å². The predicted molar refractivity (Wildman–Crippen MR) is 581 cm³/mol. The fourth-order valence-corrected chi connectivity index (χ4v) is 29.4. The summed E-state index contributed by atoms with van der Waals surface area (Å²) in [5, 5.41) is 0. The number of ketones is 2. The topological polar surface area (TPSA) is 137 Å². The van der Waals surface area contributed by atoms with Crippen LogP contribution in [0, 0.1) is 92.7 Å². The highest BCUT2D eigenvalue weighted by molar-refractivity contribution is 5.77. The lowest BCUT2D eigenvalue weighted by Crippen LogP contribution is -2.63. The number of amides is 2. The van der Waals surface area contributed by atoms with Gasteiger partial charge in [-0.05, 0) is 283 Å². The van der Waals surface area contributed by atoms with E-state index in [9.17, 15) is 19.2 Å². The Kier molecular flexibility index (Phi) is 45.7. The van der Waals surface area contributed by atoms with Crippen LogP contribution in [0.4, 0.5) is 0 Å². The van der Waals surface area contributed by atoms with Crippen molar-refractivity contribution in [3.05, 3.63) is 215 Å². The minimum absolute atomic E-state index is 0.0297. The van der Waals surface area contributed by atoms with Gasteiger partial charge in [-0.1, -0.05) is 328 Å². The van der Waals surface area contributed by atoms with E-state index in [4.69, 9.17) is 28.4 Å². The monoisotopic (exact) mass is 1950 g/mol. The molecule has 0 bridgehead atoms. The summed E-state index contributed by atoms with van der Waals surface area (Å²) in [5.41, 5.74) is 7.96. The average Bonchev–Trinajstić information content (AvgIpc) is 1.43. The molecule has 2 amide bonds. The molecule has 0 aliphatic heterocycles. The van der Waals surface area contributed by atoms with E-state index in [-0.39, 0.29) is 63.9 Å². The van der Waals surface area contributed by atoms with Crippen LogP contribution in [0.5, 0.6) is 0 Å². The summed E-state index contributed by atoms with van der Waals surface area (Å²) in [6, 6.07) is 64.3. The third-order valence-electron chi connectivity index (χ3n) is 37.4. The van der Waals surface area contributed by atoms with E-state index in [2.05, 4.69) is 223 Å². The first kappa shape index (κ1) is 112. The average molecular weight is 1950 g/mol. The van der Waals surface area contributed by atoms with Gasteiger partial charge in [0.15, 0.2) is 0 Å². The lowest BCUT2D eigenvalue weighted by Gasteiger charge is -2.65. The van der Waals surface area contributed by atoms with Gasteiger partial charge in [0.05, 0.1) is 62.9 Å². The molecule has 0 spiro atoms. The highest BCUT2D eigenvalue weighted by Crippen LogP contribution is 2.72. The maximum atomic E-state index is 14.4. The van der Waals surface area contributed by atoms with Crippen molar-refractivity contribution in [3.8, 4) is 0 Å². The first-order chi connectivity index (χ1) is 69.1. The Bertz CT molecular complexity index is 4480. The molecule has 8 aliphatic carbocycles. The summed E-state index contributed by atoms with van der Waals surface area (Å²) < 4.78 is 42.3. The second-order valence-electron chi connectivity index (χ2n) is 47.0. The van der Waals surface area contributed by atoms with E-state index in [0.29, 0.717) is 154 Å². The fraction of sp³-hybridized carbons (Fsp3) is 0.688. The van der Waals surface area contributed by atoms with E-state index in [1.54, 1.807) is 13.8 Å². The maximum absolute atomic E-state index is 14.4. The van der Waals surface area contributed by atoms with Crippen molar-refractivity contribution >= 4 is 23.4 Å². The van der Waals surface area contributed by atoms with Crippen molar-refractivity contribution in [1.29, 1.82) is 0 Å². The van der Waals surface area contributed by atoms with Crippen molar-refractivity contribution in [2.75, 3.05) is 65.8 Å². The molecule has 6 aromatic carbocycles. The van der Waals surface area contributed by atoms with Crippen LogP contribution in [0.2, 0.25) is 0 Å². The van der Waals surface area contributed by atoms with Crippen LogP contribution in [-0.2, 0) is 86.9 Å². The summed E-state index contributed by atoms with van der Waals surface area (Å²) in [6.07, 6.45) is 43.0. The SMILES string of the molecule is CCCCCCCCN(CCCC(C)[C@H]1CC[C@H]2C3[C@H](OCCCN(Cc4ccccc4)Cc4ccccc4)CC4C[C@H](OCCCC)CC[C@]4(C)[C@H]3C[C@H](OCCCC)[C@]12C)Cc1ccccc1.CCCCCCCCN(Cc1ccccc1)C(=O)CCC(C)[C@H]1CC[C@H]2C3[C@H](OCCC(=O)N(Cc4ccccc4)Cc4ccccc4)CC4C[C@H](OCCC(C)=O)CC[C@]4(C)[C@H]3C[C@H](OCCC(C)=O)[C@]12C. The van der Waals surface area contributed by atoms with Crippen molar-refractivity contribution in [2.24, 2.45) is 92.7 Å². The van der Waals surface area contributed by atoms with E-state index < -0.39 is 0 Å². The number of rotatable bonds is 60. The molecule has 14 rings (SSSR count). The normalized spacial score (nSPS) is 28.5. The summed E-state index contributed by atoms with van der Waals surface area (Å²) in [4.78, 5) is 62.6. The molecule has 0 heterocycles. The first-order valence-electron chi connectivity index (χ1n) is 58.0. The Morgan fingerprint density at radius 2 is 0.662 bits per heavy atom. The van der Waals surface area contributed by atoms with Crippen LogP contribution in [0.25, 0.3) is 0 Å². The third-order valence-corrected chi connectivity index (χ3v) is 37.4. The summed E-state index contributed by atoms with van der Waals surface area (Å²) in [7, 11) is 0. The fourth-order valence-electron chi connectivity index (χ4n) is 29.4. The Hall–Kier alpha value is -6.72. The number of carbonyl (C=O) groups excluding carboxylic acids is 4. The molecule has 0 radical (unpaired) electrons. The number of benzene rings is 6. The van der Waals surface area contributed by atoms with Gasteiger partial charge in [-0.15, -0.1) is 0 Å². The van der Waals surface area contributed by atoms with Gasteiger partial charge in [-0.25, -0.2) is 0 Å². The molecule has 8 aliphatic rings. The zero-order valence-corrected chi connectivity index (χ0v) is 90.8. The molecule has 14 heteroatoms. The number of carbonyl (C=O) groups is 4. The molecule has 784 valence electrons. The van der Waals surface area contributed by atoms with E-state index in [1.165, 1.54) is 177 Å². The lowest BCUT2D eigenvalue weighted by molar-refractivity contribution is -0.228. The molecule has 22 atom stereocenters. The Morgan fingerprint density at radius 3 is 1.11 bits per heavy atom. The zero-order chi connectivity index (χ0) is 100. The molecular weight excluding hydrogens is 1750 g/mol. The maximum Gasteiger partial charge on any atom is 0.225 e. The molecule has 8 fully saturated rings. The lowest BCUT2D eigenvalue weighted by atomic mass is 9.43. The van der Waals surface area contributed by atoms with Gasteiger partial charge in [0, 0.05) is 102 Å². The van der Waals surface area contributed by atoms with Gasteiger partial charge in [0.1, 0.15) is 11.6 Å². The number of unbranched alkanes of at least 4 members (excludes halogenated alkanes) is 12. The van der Waals surface area contributed by atoms with Crippen LogP contribution in [0.15, 0.2) is 182 Å². The number of ether oxygens (including phenoxy) is 6. The van der Waals surface area contributed by atoms with Crippen LogP contribution in [0.1, 0.15) is 360 Å². The van der Waals surface area contributed by atoms with Gasteiger partial charge >= 0.3 is 0 Å². The van der Waals surface area contributed by atoms with Crippen LogP contribution < -0.4 is 0 Å². The Labute approximate surface area is 862 Å². The summed E-state index contributed by atoms with van der Waals surface area (Å²) in [5.74, 6) is 6.49. The molecule has 0 aromatic heterocycles. The quantitative estimate of drug-likeness (QED) is 0.0336. The van der Waals surface area contributed by atoms with Gasteiger partial charge in [0.2, 0.25) is 11.8 Å². The van der Waals surface area contributed by atoms with Crippen molar-refractivity contribution in [1.82, 2.24) is 19.6 Å². The molecular formula is C128H192N4O10. The molecule has 142 heavy (non-hydrogen) atoms. The van der Waals surface area contributed by atoms with Crippen molar-refractivity contribution in [2.45, 2.75) is 403 Å². The minimum Gasteiger partial charge on any atom is -0.378 e. The molecule has 0 saturated heterocycles. The van der Waals surface area contributed by atoms with Crippen molar-refractivity contribution < 1.29 is 47.6 Å². The summed E-state index contributed by atoms with van der Waals surface area (Å²) >= 11 is 0. The molecule has 0 N–H and O–H groups in total. The summed E-state index contributed by atoms with van der Waals surface area (Å²) in [6.45, 7) is 40.9. The standard InChI is InChI=1S/C64H92N2O7.C64H100N2O3/c1-7-8-9-10-11-21-37-65(44-50-22-15-12-16-23-50)60(69)31-28-47(2)55-29-30-56-62-57(43-59(64(55,56)6)73-39-34-49(4)68)63(5)36-32-54(71-38-33-48(3)67)41-53(63)42-58(62)72-40-35-61(70)66(45-51-24-17-13-18-25-51)46-52-26-19-14-20-27-52;1-7-10-13-14-15-25-39-65(48-52-29-19-16-20-30-52)40-26-28-51(4)57-35-36-58-62-59(47-61(64(57,58)6)69-43-12-9-3)63(5)38-37-56(67-42-11-8-2)45-55(63)46-60(62)68-44-27-41-66(49-53-31-21-17-22-32-53)50-54-33-23-18-24-34-54/h12-20,22-27,47,53-59,62H,7-11,21,28-46H2,1-6H3;16-24,29-34,51,55-62H,7-15,25-28,35-50H2,1-6H3/t47?,53?,54-,55-,56+,57+,58-,59+,62?,63+,64-;51?,55?,56-,57-,58+,59+,60-,61+,62?,63+,64-/m11/s1. The highest BCUT2D eigenvalue weighted by atomic mass is 16.5. The number of nitrogens with zero attached hydrogens (tertiary/aromatic N) is 4. The van der Waals surface area contributed by atoms with Crippen LogP contribution in [-0.4, -0.2) is 145 Å². The second-order valence-corrected chi connectivity index (χ2v) is 47.0. The largest absolute Gasteiger partial charge is 0.378 e. The highest BCUT2D eigenvalue weighted by Gasteiger charge is 2.69. The minimum atomic E-state index is -0.182. The number of fused-ring (bicyclic) bond motifs is 10. The molecule has 8 saturated carbocycles.